The zero-order valence-corrected chi connectivity index (χ0v) is 13.5. The molecule has 0 saturated heterocycles. The minimum Gasteiger partial charge on any atom is -0.393 e. The molecule has 1 atom stereocenters. The molecule has 1 aromatic heterocycles. The van der Waals surface area contributed by atoms with Crippen molar-refractivity contribution in [1.29, 1.82) is 0 Å². The number of primary amides is 1. The van der Waals surface area contributed by atoms with Crippen LogP contribution in [0.1, 0.15) is 55.8 Å². The van der Waals surface area contributed by atoms with Gasteiger partial charge in [-0.25, -0.2) is 4.98 Å². The Bertz CT molecular complexity index is 568. The van der Waals surface area contributed by atoms with E-state index in [-0.39, 0.29) is 18.2 Å². The second-order valence-electron chi connectivity index (χ2n) is 6.74. The molecule has 2 aliphatic rings. The van der Waals surface area contributed by atoms with Crippen molar-refractivity contribution in [2.45, 2.75) is 63.6 Å². The average Bonchev–Trinajstić information content (AvgIpc) is 3.34. The predicted octanol–water partition coefficient (Wildman–Crippen LogP) is 1.50. The summed E-state index contributed by atoms with van der Waals surface area (Å²) in [4.78, 5) is 20.3. The largest absolute Gasteiger partial charge is 0.393 e. The van der Waals surface area contributed by atoms with E-state index in [1.165, 1.54) is 19.0 Å². The molecule has 0 bridgehead atoms. The normalized spacial score (nSPS) is 25.7. The van der Waals surface area contributed by atoms with Gasteiger partial charge in [0, 0.05) is 18.3 Å². The lowest BCUT2D eigenvalue weighted by Crippen LogP contribution is -2.29. The predicted molar refractivity (Wildman–Crippen MR) is 88.2 cm³/mol. The molecular weight excluding hydrogens is 294 g/mol. The lowest BCUT2D eigenvalue weighted by Gasteiger charge is -2.26. The Morgan fingerprint density at radius 2 is 2.00 bits per heavy atom. The Morgan fingerprint density at radius 1 is 1.30 bits per heavy atom. The van der Waals surface area contributed by atoms with Crippen LogP contribution in [0.3, 0.4) is 0 Å². The van der Waals surface area contributed by atoms with Gasteiger partial charge in [-0.1, -0.05) is 0 Å². The zero-order chi connectivity index (χ0) is 16.4. The first-order chi connectivity index (χ1) is 11.0. The average molecular weight is 319 g/mol. The molecule has 0 spiro atoms. The number of anilines is 2. The van der Waals surface area contributed by atoms with Crippen molar-refractivity contribution < 1.29 is 9.90 Å². The highest BCUT2D eigenvalue weighted by atomic mass is 16.3. The monoisotopic (exact) mass is 319 g/mol. The quantitative estimate of drug-likeness (QED) is 0.632. The third-order valence-corrected chi connectivity index (χ3v) is 4.78. The number of aliphatic hydroxyl groups excluding tert-OH is 1. The second-order valence-corrected chi connectivity index (χ2v) is 6.74. The van der Waals surface area contributed by atoms with Crippen molar-refractivity contribution in [3.63, 3.8) is 0 Å². The second kappa shape index (κ2) is 6.70. The minimum absolute atomic E-state index is 0.192. The molecule has 7 heteroatoms. The summed E-state index contributed by atoms with van der Waals surface area (Å²) in [6.45, 7) is 2.10. The van der Waals surface area contributed by atoms with Crippen LogP contribution in [-0.2, 0) is 0 Å². The molecule has 1 aromatic rings. The fourth-order valence-corrected chi connectivity index (χ4v) is 3.07. The summed E-state index contributed by atoms with van der Waals surface area (Å²) in [5.41, 5.74) is 5.75. The van der Waals surface area contributed by atoms with Crippen molar-refractivity contribution in [2.24, 2.45) is 11.7 Å². The molecule has 0 aromatic carbocycles. The maximum atomic E-state index is 11.6. The number of carbonyl (C=O) groups excluding carboxylic acids is 1. The van der Waals surface area contributed by atoms with E-state index in [4.69, 9.17) is 5.73 Å². The number of amides is 1. The van der Waals surface area contributed by atoms with Crippen LogP contribution in [0.25, 0.3) is 0 Å². The Labute approximate surface area is 136 Å². The molecule has 3 rings (SSSR count). The molecule has 2 saturated carbocycles. The van der Waals surface area contributed by atoms with Gasteiger partial charge >= 0.3 is 0 Å². The van der Waals surface area contributed by atoms with Gasteiger partial charge in [-0.05, 0) is 51.4 Å². The van der Waals surface area contributed by atoms with Crippen LogP contribution in [-0.4, -0.2) is 39.2 Å². The smallest absolute Gasteiger partial charge is 0.254 e. The molecule has 23 heavy (non-hydrogen) atoms. The van der Waals surface area contributed by atoms with Gasteiger partial charge in [0.05, 0.1) is 11.7 Å². The topological polar surface area (TPSA) is 113 Å². The van der Waals surface area contributed by atoms with Crippen LogP contribution in [0.2, 0.25) is 0 Å². The number of hydrogen-bond donors (Lipinski definition) is 4. The summed E-state index contributed by atoms with van der Waals surface area (Å²) in [5, 5.41) is 16.2. The van der Waals surface area contributed by atoms with Crippen LogP contribution >= 0.6 is 0 Å². The van der Waals surface area contributed by atoms with Crippen molar-refractivity contribution >= 4 is 17.7 Å². The summed E-state index contributed by atoms with van der Waals surface area (Å²) >= 11 is 0. The van der Waals surface area contributed by atoms with Crippen LogP contribution in [0.4, 0.5) is 11.8 Å². The molecule has 2 aliphatic carbocycles. The van der Waals surface area contributed by atoms with Crippen LogP contribution < -0.4 is 16.4 Å². The summed E-state index contributed by atoms with van der Waals surface area (Å²) in [7, 11) is 0. The van der Waals surface area contributed by atoms with Crippen molar-refractivity contribution in [2.75, 3.05) is 10.6 Å². The van der Waals surface area contributed by atoms with Crippen molar-refractivity contribution in [3.05, 3.63) is 11.8 Å². The zero-order valence-electron chi connectivity index (χ0n) is 13.5. The molecule has 0 aliphatic heterocycles. The number of aliphatic hydroxyl groups is 1. The van der Waals surface area contributed by atoms with E-state index in [2.05, 4.69) is 27.5 Å². The lowest BCUT2D eigenvalue weighted by atomic mass is 9.93. The Morgan fingerprint density at radius 3 is 2.61 bits per heavy atom. The molecule has 126 valence electrons. The van der Waals surface area contributed by atoms with E-state index >= 15 is 0 Å². The van der Waals surface area contributed by atoms with Crippen LogP contribution in [0, 0.1) is 5.92 Å². The molecule has 5 N–H and O–H groups in total. The summed E-state index contributed by atoms with van der Waals surface area (Å²) in [6, 6.07) is 0.521. The van der Waals surface area contributed by atoms with E-state index in [9.17, 15) is 9.90 Å². The molecule has 7 nitrogen and oxygen atoms in total. The van der Waals surface area contributed by atoms with Crippen LogP contribution in [0.15, 0.2) is 6.20 Å². The third kappa shape index (κ3) is 4.10. The lowest BCUT2D eigenvalue weighted by molar-refractivity contribution is 0.1000. The highest BCUT2D eigenvalue weighted by Crippen LogP contribution is 2.34. The molecular formula is C16H25N5O2. The van der Waals surface area contributed by atoms with E-state index in [0.29, 0.717) is 23.2 Å². The number of carbonyl (C=O) groups is 1. The molecule has 1 unspecified atom stereocenters. The van der Waals surface area contributed by atoms with Gasteiger partial charge in [-0.3, -0.25) is 4.79 Å². The maximum absolute atomic E-state index is 11.6. The van der Waals surface area contributed by atoms with Gasteiger partial charge in [0.25, 0.3) is 5.91 Å². The van der Waals surface area contributed by atoms with Gasteiger partial charge in [0.2, 0.25) is 5.95 Å². The van der Waals surface area contributed by atoms with Crippen molar-refractivity contribution in [1.82, 2.24) is 9.97 Å². The third-order valence-electron chi connectivity index (χ3n) is 4.78. The van der Waals surface area contributed by atoms with E-state index in [1.807, 2.05) is 0 Å². The van der Waals surface area contributed by atoms with Gasteiger partial charge in [-0.15, -0.1) is 0 Å². The number of nitrogens with two attached hydrogens (primary N) is 1. The summed E-state index contributed by atoms with van der Waals surface area (Å²) in [5.74, 6) is 1.12. The Balaban J connectivity index is 1.71. The van der Waals surface area contributed by atoms with Gasteiger partial charge in [0.1, 0.15) is 5.82 Å². The molecule has 1 heterocycles. The van der Waals surface area contributed by atoms with Gasteiger partial charge < -0.3 is 21.5 Å². The Kier molecular flexibility index (Phi) is 4.66. The van der Waals surface area contributed by atoms with Gasteiger partial charge in [-0.2, -0.15) is 4.98 Å². The molecule has 2 fully saturated rings. The minimum atomic E-state index is -0.525. The number of nitrogens with zero attached hydrogens (tertiary/aromatic N) is 2. The maximum Gasteiger partial charge on any atom is 0.254 e. The van der Waals surface area contributed by atoms with Crippen molar-refractivity contribution in [3.8, 4) is 0 Å². The first kappa shape index (κ1) is 16.0. The fourth-order valence-electron chi connectivity index (χ4n) is 3.07. The first-order valence-electron chi connectivity index (χ1n) is 8.41. The van der Waals surface area contributed by atoms with E-state index in [0.717, 1.165) is 25.7 Å². The number of nitrogens with one attached hydrogen (secondary N) is 2. The van der Waals surface area contributed by atoms with E-state index in [1.54, 1.807) is 0 Å². The Hall–Kier alpha value is -1.89. The van der Waals surface area contributed by atoms with Gasteiger partial charge in [0.15, 0.2) is 0 Å². The highest BCUT2D eigenvalue weighted by Gasteiger charge is 2.29. The first-order valence-corrected chi connectivity index (χ1v) is 8.41. The summed E-state index contributed by atoms with van der Waals surface area (Å²) < 4.78 is 0. The highest BCUT2D eigenvalue weighted by molar-refractivity contribution is 5.97. The molecule has 1 amide bonds. The SMILES string of the molecule is CC(Nc1nc(NC2CCC(O)CC2)ncc1C(N)=O)C1CC1. The molecule has 0 radical (unpaired) electrons. The number of rotatable bonds is 6. The standard InChI is InChI=1S/C16H25N5O2/c1-9(10-2-3-10)19-15-13(14(17)23)8-18-16(21-15)20-11-4-6-12(22)7-5-11/h8-12,22H,2-7H2,1H3,(H2,17,23)(H2,18,19,20,21). The van der Waals surface area contributed by atoms with Crippen LogP contribution in [0.5, 0.6) is 0 Å². The fraction of sp³-hybridized carbons (Fsp3) is 0.688. The van der Waals surface area contributed by atoms with E-state index < -0.39 is 5.91 Å². The number of aromatic nitrogens is 2. The number of hydrogen-bond acceptors (Lipinski definition) is 6. The summed E-state index contributed by atoms with van der Waals surface area (Å²) in [6.07, 6.45) is 7.08.